The van der Waals surface area contributed by atoms with Crippen molar-refractivity contribution in [2.75, 3.05) is 6.54 Å². The molecule has 0 aliphatic rings. The van der Waals surface area contributed by atoms with Gasteiger partial charge in [0.25, 0.3) is 0 Å². The van der Waals surface area contributed by atoms with Gasteiger partial charge in [0.2, 0.25) is 5.91 Å². The zero-order chi connectivity index (χ0) is 13.9. The third kappa shape index (κ3) is 3.24. The highest BCUT2D eigenvalue weighted by molar-refractivity contribution is 5.72. The molecule has 0 aliphatic carbocycles. The lowest BCUT2D eigenvalue weighted by atomic mass is 10.0. The van der Waals surface area contributed by atoms with Gasteiger partial charge >= 0.3 is 0 Å². The summed E-state index contributed by atoms with van der Waals surface area (Å²) in [5.41, 5.74) is -0.426. The lowest BCUT2D eigenvalue weighted by Gasteiger charge is -2.20. The Labute approximate surface area is 103 Å². The number of aryl methyl sites for hydroxylation is 1. The number of amides is 1. The van der Waals surface area contributed by atoms with Crippen molar-refractivity contribution in [1.29, 1.82) is 0 Å². The Morgan fingerprint density at radius 1 is 1.39 bits per heavy atom. The van der Waals surface area contributed by atoms with Crippen molar-refractivity contribution in [3.63, 3.8) is 0 Å². The Kier molecular flexibility index (Phi) is 4.75. The number of hydrogen-bond donors (Lipinski definition) is 3. The quantitative estimate of drug-likeness (QED) is 0.749. The minimum absolute atomic E-state index is 0.164. The second-order valence-electron chi connectivity index (χ2n) is 4.04. The first-order chi connectivity index (χ1) is 8.34. The van der Waals surface area contributed by atoms with E-state index in [0.717, 1.165) is 6.07 Å². The van der Waals surface area contributed by atoms with Crippen molar-refractivity contribution in [2.24, 2.45) is 0 Å². The van der Waals surface area contributed by atoms with Crippen LogP contribution in [0.25, 0.3) is 0 Å². The van der Waals surface area contributed by atoms with Gasteiger partial charge in [0.15, 0.2) is 0 Å². The van der Waals surface area contributed by atoms with Crippen LogP contribution in [0.5, 0.6) is 0 Å². The molecule has 100 valence electrons. The summed E-state index contributed by atoms with van der Waals surface area (Å²) >= 11 is 0. The first-order valence-corrected chi connectivity index (χ1v) is 5.39. The van der Waals surface area contributed by atoms with Crippen LogP contribution in [-0.4, -0.2) is 28.8 Å². The monoisotopic (exact) mass is 259 g/mol. The minimum atomic E-state index is -1.74. The maximum absolute atomic E-state index is 13.7. The lowest BCUT2D eigenvalue weighted by Crippen LogP contribution is -2.34. The van der Waals surface area contributed by atoms with Gasteiger partial charge in [-0.05, 0) is 18.6 Å². The van der Waals surface area contributed by atoms with Crippen LogP contribution in [-0.2, 0) is 4.79 Å². The predicted octanol–water partition coefficient (Wildman–Crippen LogP) is 0.804. The molecular weight excluding hydrogens is 244 g/mol. The summed E-state index contributed by atoms with van der Waals surface area (Å²) in [6.45, 7) is 2.36. The molecule has 0 saturated carbocycles. The summed E-state index contributed by atoms with van der Waals surface area (Å²) in [5.74, 6) is -2.25. The second-order valence-corrected chi connectivity index (χ2v) is 4.04. The van der Waals surface area contributed by atoms with E-state index in [1.54, 1.807) is 0 Å². The molecule has 4 nitrogen and oxygen atoms in total. The van der Waals surface area contributed by atoms with Crippen molar-refractivity contribution in [2.45, 2.75) is 26.1 Å². The van der Waals surface area contributed by atoms with Crippen LogP contribution in [0.2, 0.25) is 0 Å². The SMILES string of the molecule is CC(=O)NCC(O)C(O)c1c(F)ccc(C)c1F. The van der Waals surface area contributed by atoms with Gasteiger partial charge in [0, 0.05) is 13.5 Å². The molecule has 0 radical (unpaired) electrons. The minimum Gasteiger partial charge on any atom is -0.388 e. The molecule has 0 aliphatic heterocycles. The summed E-state index contributed by atoms with van der Waals surface area (Å²) in [6, 6.07) is 2.25. The first kappa shape index (κ1) is 14.5. The van der Waals surface area contributed by atoms with E-state index < -0.39 is 35.3 Å². The number of rotatable bonds is 4. The molecule has 2 atom stereocenters. The predicted molar refractivity (Wildman–Crippen MR) is 60.7 cm³/mol. The van der Waals surface area contributed by atoms with Crippen LogP contribution in [0.4, 0.5) is 8.78 Å². The van der Waals surface area contributed by atoms with Gasteiger partial charge in [-0.2, -0.15) is 0 Å². The van der Waals surface area contributed by atoms with Crippen molar-refractivity contribution in [3.8, 4) is 0 Å². The van der Waals surface area contributed by atoms with E-state index in [2.05, 4.69) is 5.32 Å². The number of nitrogens with one attached hydrogen (secondary N) is 1. The fourth-order valence-electron chi connectivity index (χ4n) is 1.50. The van der Waals surface area contributed by atoms with E-state index >= 15 is 0 Å². The fraction of sp³-hybridized carbons (Fsp3) is 0.417. The average Bonchev–Trinajstić information content (AvgIpc) is 2.31. The van der Waals surface area contributed by atoms with Crippen LogP contribution in [0.3, 0.4) is 0 Å². The molecule has 0 saturated heterocycles. The van der Waals surface area contributed by atoms with Crippen molar-refractivity contribution in [3.05, 3.63) is 34.9 Å². The Bertz CT molecular complexity index is 451. The van der Waals surface area contributed by atoms with Crippen LogP contribution < -0.4 is 5.32 Å². The maximum atomic E-state index is 13.7. The van der Waals surface area contributed by atoms with E-state index in [4.69, 9.17) is 0 Å². The second kappa shape index (κ2) is 5.88. The van der Waals surface area contributed by atoms with Gasteiger partial charge in [-0.1, -0.05) is 6.07 Å². The van der Waals surface area contributed by atoms with Crippen molar-refractivity contribution in [1.82, 2.24) is 5.32 Å². The van der Waals surface area contributed by atoms with Gasteiger partial charge in [0.1, 0.15) is 23.8 Å². The van der Waals surface area contributed by atoms with Gasteiger partial charge in [-0.25, -0.2) is 8.78 Å². The molecule has 0 aromatic heterocycles. The zero-order valence-corrected chi connectivity index (χ0v) is 10.1. The van der Waals surface area contributed by atoms with Crippen LogP contribution >= 0.6 is 0 Å². The average molecular weight is 259 g/mol. The third-order valence-corrected chi connectivity index (χ3v) is 2.54. The van der Waals surface area contributed by atoms with Gasteiger partial charge in [0.05, 0.1) is 5.56 Å². The Morgan fingerprint density at radius 3 is 2.56 bits per heavy atom. The zero-order valence-electron chi connectivity index (χ0n) is 10.1. The topological polar surface area (TPSA) is 69.6 Å². The number of aliphatic hydroxyl groups excluding tert-OH is 2. The van der Waals surface area contributed by atoms with E-state index in [1.807, 2.05) is 0 Å². The summed E-state index contributed by atoms with van der Waals surface area (Å²) in [6.07, 6.45) is -3.23. The van der Waals surface area contributed by atoms with Crippen LogP contribution in [0, 0.1) is 18.6 Å². The molecule has 3 N–H and O–H groups in total. The van der Waals surface area contributed by atoms with Crippen LogP contribution in [0.15, 0.2) is 12.1 Å². The summed E-state index contributed by atoms with van der Waals surface area (Å²) < 4.78 is 27.1. The molecule has 1 aromatic rings. The van der Waals surface area contributed by atoms with E-state index in [-0.39, 0.29) is 12.1 Å². The van der Waals surface area contributed by atoms with E-state index in [0.29, 0.717) is 0 Å². The number of halogens is 2. The molecule has 0 spiro atoms. The number of benzene rings is 1. The molecule has 0 bridgehead atoms. The molecule has 1 amide bonds. The Balaban J connectivity index is 2.92. The Hall–Kier alpha value is -1.53. The molecule has 0 fully saturated rings. The van der Waals surface area contributed by atoms with Gasteiger partial charge in [-0.15, -0.1) is 0 Å². The Morgan fingerprint density at radius 2 is 2.00 bits per heavy atom. The van der Waals surface area contributed by atoms with Crippen molar-refractivity contribution < 1.29 is 23.8 Å². The highest BCUT2D eigenvalue weighted by Gasteiger charge is 2.26. The smallest absolute Gasteiger partial charge is 0.216 e. The fourth-order valence-corrected chi connectivity index (χ4v) is 1.50. The molecule has 6 heteroatoms. The van der Waals surface area contributed by atoms with E-state index in [9.17, 15) is 23.8 Å². The third-order valence-electron chi connectivity index (χ3n) is 2.54. The highest BCUT2D eigenvalue weighted by atomic mass is 19.1. The molecule has 2 unspecified atom stereocenters. The largest absolute Gasteiger partial charge is 0.388 e. The molecule has 18 heavy (non-hydrogen) atoms. The molecular formula is C12H15F2NO3. The molecule has 1 aromatic carbocycles. The van der Waals surface area contributed by atoms with Crippen molar-refractivity contribution >= 4 is 5.91 Å². The highest BCUT2D eigenvalue weighted by Crippen LogP contribution is 2.25. The number of hydrogen-bond acceptors (Lipinski definition) is 3. The summed E-state index contributed by atoms with van der Waals surface area (Å²) in [5, 5.41) is 21.5. The summed E-state index contributed by atoms with van der Waals surface area (Å²) in [7, 11) is 0. The molecule has 0 heterocycles. The van der Waals surface area contributed by atoms with E-state index in [1.165, 1.54) is 19.9 Å². The normalized spacial score (nSPS) is 14.1. The van der Waals surface area contributed by atoms with Gasteiger partial charge in [-0.3, -0.25) is 4.79 Å². The number of carbonyl (C=O) groups is 1. The maximum Gasteiger partial charge on any atom is 0.216 e. The van der Waals surface area contributed by atoms with Crippen LogP contribution in [0.1, 0.15) is 24.2 Å². The standard InChI is InChI=1S/C12H15F2NO3/c1-6-3-4-8(13)10(11(6)14)12(18)9(17)5-15-7(2)16/h3-4,9,12,17-18H,5H2,1-2H3,(H,15,16). The molecule has 1 rings (SSSR count). The van der Waals surface area contributed by atoms with Gasteiger partial charge < -0.3 is 15.5 Å². The summed E-state index contributed by atoms with van der Waals surface area (Å²) in [4.78, 5) is 10.6. The number of aliphatic hydroxyl groups is 2. The first-order valence-electron chi connectivity index (χ1n) is 5.39. The lowest BCUT2D eigenvalue weighted by molar-refractivity contribution is -0.119. The number of carbonyl (C=O) groups excluding carboxylic acids is 1.